The Bertz CT molecular complexity index is 730. The Morgan fingerprint density at radius 3 is 2.56 bits per heavy atom. The van der Waals surface area contributed by atoms with Gasteiger partial charge in [-0.2, -0.15) is 12.8 Å². The second kappa shape index (κ2) is 11.8. The van der Waals surface area contributed by atoms with Gasteiger partial charge in [-0.3, -0.25) is 4.79 Å². The number of amides is 1. The van der Waals surface area contributed by atoms with E-state index in [0.29, 0.717) is 17.4 Å². The minimum Gasteiger partial charge on any atom is -0.365 e. The lowest BCUT2D eigenvalue weighted by molar-refractivity contribution is -0.108. The third-order valence-corrected chi connectivity index (χ3v) is 5.76. The fourth-order valence-corrected chi connectivity index (χ4v) is 3.70. The van der Waals surface area contributed by atoms with Gasteiger partial charge in [-0.15, -0.1) is 0 Å². The minimum absolute atomic E-state index is 0.276. The molecular weight excluding hydrogens is 382 g/mol. The zero-order chi connectivity index (χ0) is 20.3. The van der Waals surface area contributed by atoms with Gasteiger partial charge in [0.05, 0.1) is 5.54 Å². The highest BCUT2D eigenvalue weighted by atomic mass is 32.2. The van der Waals surface area contributed by atoms with E-state index in [0.717, 1.165) is 25.7 Å². The summed E-state index contributed by atoms with van der Waals surface area (Å²) in [6.07, 6.45) is 5.66. The highest BCUT2D eigenvalue weighted by Gasteiger charge is 2.55. The Balaban J connectivity index is 0.000000445. The smallest absolute Gasteiger partial charge is 0.311 e. The largest absolute Gasteiger partial charge is 0.365 e. The van der Waals surface area contributed by atoms with Crippen LogP contribution in [0.25, 0.3) is 0 Å². The van der Waals surface area contributed by atoms with Crippen molar-refractivity contribution in [3.05, 3.63) is 35.9 Å². The molecule has 0 heterocycles. The summed E-state index contributed by atoms with van der Waals surface area (Å²) in [6.45, 7) is 4.44. The Kier molecular flexibility index (Phi) is 10.2. The maximum atomic E-state index is 11.0. The number of hydrogen-bond acceptors (Lipinski definition) is 5. The predicted molar refractivity (Wildman–Crippen MR) is 112 cm³/mol. The topological polar surface area (TPSA) is 87.6 Å². The second-order valence-corrected chi connectivity index (χ2v) is 7.85. The van der Waals surface area contributed by atoms with Gasteiger partial charge in [0.25, 0.3) is 0 Å². The van der Waals surface area contributed by atoms with Crippen LogP contribution in [0.4, 0.5) is 0 Å². The normalized spacial score (nSPS) is 21.1. The van der Waals surface area contributed by atoms with E-state index < -0.39 is 10.5 Å². The molecule has 1 aromatic rings. The maximum absolute atomic E-state index is 11.0. The third kappa shape index (κ3) is 8.17. The van der Waals surface area contributed by atoms with Crippen LogP contribution in [-0.2, 0) is 15.3 Å². The van der Waals surface area contributed by atoms with Crippen LogP contribution in [0.15, 0.2) is 34.7 Å². The van der Waals surface area contributed by atoms with E-state index in [9.17, 15) is 13.2 Å². The summed E-state index contributed by atoms with van der Waals surface area (Å²) < 4.78 is 26.1. The number of carbonyl (C=O) groups excluding carboxylic acids is 1. The van der Waals surface area contributed by atoms with Gasteiger partial charge in [-0.25, -0.2) is 0 Å². The van der Waals surface area contributed by atoms with Crippen molar-refractivity contribution in [1.82, 2.24) is 10.6 Å². The molecule has 0 bridgehead atoms. The molecule has 6 nitrogen and oxygen atoms in total. The van der Waals surface area contributed by atoms with Crippen LogP contribution in [0, 0.1) is 5.92 Å². The number of nitrogens with zero attached hydrogens (tertiary/aromatic N) is 1. The van der Waals surface area contributed by atoms with E-state index in [1.807, 2.05) is 18.2 Å². The molecule has 1 amide bonds. The van der Waals surface area contributed by atoms with Crippen LogP contribution >= 0.6 is 12.2 Å². The Hall–Kier alpha value is -1.80. The molecule has 8 heteroatoms. The number of thiocarbonyl (C=S) groups is 1. The van der Waals surface area contributed by atoms with Crippen molar-refractivity contribution >= 4 is 34.2 Å². The van der Waals surface area contributed by atoms with E-state index >= 15 is 0 Å². The molecule has 1 fully saturated rings. The van der Waals surface area contributed by atoms with Crippen molar-refractivity contribution in [3.63, 3.8) is 0 Å². The van der Waals surface area contributed by atoms with Gasteiger partial charge in [0.15, 0.2) is 5.11 Å². The maximum Gasteiger partial charge on any atom is 0.311 e. The van der Waals surface area contributed by atoms with Crippen molar-refractivity contribution in [2.45, 2.75) is 57.4 Å². The number of benzene rings is 1. The minimum atomic E-state index is -2.31. The molecule has 1 saturated carbocycles. The second-order valence-electron chi connectivity index (χ2n) is 6.83. The summed E-state index contributed by atoms with van der Waals surface area (Å²) in [5.41, 5.74) is 0.853. The lowest BCUT2D eigenvalue weighted by atomic mass is 9.96. The first kappa shape index (κ1) is 23.2. The van der Waals surface area contributed by atoms with E-state index in [1.165, 1.54) is 12.0 Å². The van der Waals surface area contributed by atoms with Crippen LogP contribution in [0.3, 0.4) is 0 Å². The first-order chi connectivity index (χ1) is 12.9. The summed E-state index contributed by atoms with van der Waals surface area (Å²) in [6, 6.07) is 10.1. The van der Waals surface area contributed by atoms with E-state index in [1.54, 1.807) is 7.05 Å². The first-order valence-corrected chi connectivity index (χ1v) is 10.6. The molecule has 1 aliphatic carbocycles. The van der Waals surface area contributed by atoms with Gasteiger partial charge in [0, 0.05) is 13.0 Å². The highest BCUT2D eigenvalue weighted by Crippen LogP contribution is 2.57. The SMILES string of the molecule is CCC(C)CCCC1(N=S(=O)=O)CC1c1ccccc1.CNC(=S)NC=O. The first-order valence-electron chi connectivity index (χ1n) is 9.17. The Labute approximate surface area is 168 Å². The lowest BCUT2D eigenvalue weighted by Gasteiger charge is -2.12. The quantitative estimate of drug-likeness (QED) is 0.505. The van der Waals surface area contributed by atoms with E-state index in [2.05, 4.69) is 53.2 Å². The van der Waals surface area contributed by atoms with Gasteiger partial charge < -0.3 is 10.6 Å². The Morgan fingerprint density at radius 2 is 2.07 bits per heavy atom. The molecule has 1 aliphatic rings. The molecule has 150 valence electrons. The number of nitrogens with one attached hydrogen (secondary N) is 2. The summed E-state index contributed by atoms with van der Waals surface area (Å²) in [5, 5.41) is 5.13. The summed E-state index contributed by atoms with van der Waals surface area (Å²) >= 11 is 4.50. The third-order valence-electron chi connectivity index (χ3n) is 4.93. The molecule has 3 atom stereocenters. The molecule has 1 aromatic carbocycles. The molecular formula is C19H29N3O3S2. The molecule has 0 aromatic heterocycles. The molecule has 0 aliphatic heterocycles. The monoisotopic (exact) mass is 411 g/mol. The van der Waals surface area contributed by atoms with Gasteiger partial charge in [0.1, 0.15) is 0 Å². The van der Waals surface area contributed by atoms with Crippen molar-refractivity contribution in [2.75, 3.05) is 7.05 Å². The number of rotatable bonds is 8. The fourth-order valence-electron chi connectivity index (χ4n) is 3.07. The summed E-state index contributed by atoms with van der Waals surface area (Å²) in [4.78, 5) is 9.54. The van der Waals surface area contributed by atoms with Crippen molar-refractivity contribution < 1.29 is 13.2 Å². The van der Waals surface area contributed by atoms with Gasteiger partial charge >= 0.3 is 10.5 Å². The molecule has 27 heavy (non-hydrogen) atoms. The Morgan fingerprint density at radius 1 is 1.41 bits per heavy atom. The molecule has 0 radical (unpaired) electrons. The average molecular weight is 412 g/mol. The molecule has 0 spiro atoms. The number of hydrogen-bond donors (Lipinski definition) is 2. The molecule has 3 unspecified atom stereocenters. The average Bonchev–Trinajstić information content (AvgIpc) is 3.35. The van der Waals surface area contributed by atoms with Gasteiger partial charge in [0.2, 0.25) is 6.41 Å². The molecule has 2 N–H and O–H groups in total. The summed E-state index contributed by atoms with van der Waals surface area (Å²) in [7, 11) is -0.670. The van der Waals surface area contributed by atoms with Gasteiger partial charge in [-0.05, 0) is 36.5 Å². The van der Waals surface area contributed by atoms with Crippen molar-refractivity contribution in [3.8, 4) is 0 Å². The van der Waals surface area contributed by atoms with E-state index in [4.69, 9.17) is 0 Å². The van der Waals surface area contributed by atoms with Crippen LogP contribution in [0.5, 0.6) is 0 Å². The van der Waals surface area contributed by atoms with Crippen LogP contribution in [0.1, 0.15) is 57.4 Å². The zero-order valence-electron chi connectivity index (χ0n) is 16.1. The standard InChI is InChI=1S/C16H23NO2S.C3H6N2OS/c1-3-13(2)8-7-11-16(17-20(18)19)12-15(16)14-9-5-4-6-10-14;1-4-3(7)5-2-6/h4-6,9-10,13,15H,3,7-8,11-12H2,1-2H3;2H,1H3,(H2,4,5,6,7). The molecule has 0 saturated heterocycles. The fraction of sp³-hybridized carbons (Fsp3) is 0.579. The van der Waals surface area contributed by atoms with Gasteiger partial charge in [-0.1, -0.05) is 63.4 Å². The highest BCUT2D eigenvalue weighted by molar-refractivity contribution is 7.80. The van der Waals surface area contributed by atoms with Crippen molar-refractivity contribution in [2.24, 2.45) is 10.3 Å². The zero-order valence-corrected chi connectivity index (χ0v) is 17.8. The predicted octanol–water partition coefficient (Wildman–Crippen LogP) is 3.43. The lowest BCUT2D eigenvalue weighted by Crippen LogP contribution is -2.30. The summed E-state index contributed by atoms with van der Waals surface area (Å²) in [5.74, 6) is 0.984. The van der Waals surface area contributed by atoms with Crippen LogP contribution in [0.2, 0.25) is 0 Å². The van der Waals surface area contributed by atoms with E-state index in [-0.39, 0.29) is 11.5 Å². The number of carbonyl (C=O) groups is 1. The van der Waals surface area contributed by atoms with Crippen LogP contribution < -0.4 is 10.6 Å². The van der Waals surface area contributed by atoms with Crippen LogP contribution in [-0.4, -0.2) is 32.5 Å². The van der Waals surface area contributed by atoms with Crippen molar-refractivity contribution in [1.29, 1.82) is 0 Å². The molecule has 2 rings (SSSR count).